The third-order valence-corrected chi connectivity index (χ3v) is 3.95. The molecule has 14 heavy (non-hydrogen) atoms. The zero-order valence-electron chi connectivity index (χ0n) is 6.54. The maximum absolute atomic E-state index is 5.84. The van der Waals surface area contributed by atoms with Crippen molar-refractivity contribution in [3.8, 4) is 10.7 Å². The van der Waals surface area contributed by atoms with Crippen LogP contribution in [0.4, 0.5) is 0 Å². The normalized spacial score (nSPS) is 10.5. The Kier molecular flexibility index (Phi) is 3.02. The van der Waals surface area contributed by atoms with E-state index in [2.05, 4.69) is 30.9 Å². The van der Waals surface area contributed by atoms with Crippen molar-refractivity contribution in [1.82, 2.24) is 15.0 Å². The zero-order chi connectivity index (χ0) is 10.1. The lowest BCUT2D eigenvalue weighted by Crippen LogP contribution is -1.89. The molecule has 0 aromatic carbocycles. The topological polar surface area (TPSA) is 38.7 Å². The predicted octanol–water partition coefficient (Wildman–Crippen LogP) is 3.67. The molecule has 2 aromatic rings. The van der Waals surface area contributed by atoms with Gasteiger partial charge in [0.05, 0.1) is 14.9 Å². The number of aromatic nitrogens is 3. The molecule has 2 heterocycles. The van der Waals surface area contributed by atoms with E-state index in [-0.39, 0.29) is 0 Å². The predicted molar refractivity (Wildman–Crippen MR) is 60.9 cm³/mol. The maximum atomic E-state index is 5.84. The van der Waals surface area contributed by atoms with Gasteiger partial charge >= 0.3 is 0 Å². The van der Waals surface area contributed by atoms with Gasteiger partial charge in [0.15, 0.2) is 5.82 Å². The second-order valence-electron chi connectivity index (χ2n) is 2.31. The summed E-state index contributed by atoms with van der Waals surface area (Å²) < 4.78 is 0.508. The Morgan fingerprint density at radius 1 is 1.21 bits per heavy atom. The standard InChI is InChI=1S/C7H2BrCl2N3S/c8-4-5(9)12-7(13-6(4)10)3-1-11-2-14-3/h1-2H. The number of hydrogen-bond acceptors (Lipinski definition) is 4. The van der Waals surface area contributed by atoms with Crippen molar-refractivity contribution in [1.29, 1.82) is 0 Å². The quantitative estimate of drug-likeness (QED) is 0.754. The number of halogens is 3. The van der Waals surface area contributed by atoms with E-state index in [9.17, 15) is 0 Å². The van der Waals surface area contributed by atoms with Gasteiger partial charge in [-0.05, 0) is 15.9 Å². The second kappa shape index (κ2) is 4.10. The first-order valence-electron chi connectivity index (χ1n) is 3.46. The highest BCUT2D eigenvalue weighted by Crippen LogP contribution is 2.30. The van der Waals surface area contributed by atoms with Crippen LogP contribution in [-0.2, 0) is 0 Å². The lowest BCUT2D eigenvalue weighted by molar-refractivity contribution is 1.17. The summed E-state index contributed by atoms with van der Waals surface area (Å²) in [6.07, 6.45) is 1.67. The average Bonchev–Trinajstić information content (AvgIpc) is 2.66. The Morgan fingerprint density at radius 3 is 2.36 bits per heavy atom. The van der Waals surface area contributed by atoms with E-state index in [0.717, 1.165) is 4.88 Å². The summed E-state index contributed by atoms with van der Waals surface area (Å²) in [7, 11) is 0. The lowest BCUT2D eigenvalue weighted by atomic mass is 10.5. The van der Waals surface area contributed by atoms with Crippen LogP contribution in [0.25, 0.3) is 10.7 Å². The highest BCUT2D eigenvalue weighted by molar-refractivity contribution is 9.10. The van der Waals surface area contributed by atoms with Gasteiger partial charge < -0.3 is 0 Å². The van der Waals surface area contributed by atoms with Crippen LogP contribution in [0.5, 0.6) is 0 Å². The average molecular weight is 311 g/mol. The molecular weight excluding hydrogens is 309 g/mol. The van der Waals surface area contributed by atoms with Crippen LogP contribution in [-0.4, -0.2) is 15.0 Å². The third-order valence-electron chi connectivity index (χ3n) is 1.42. The summed E-state index contributed by atoms with van der Waals surface area (Å²) in [6, 6.07) is 0. The van der Waals surface area contributed by atoms with Crippen LogP contribution in [0.3, 0.4) is 0 Å². The fourth-order valence-corrected chi connectivity index (χ4v) is 1.95. The summed E-state index contributed by atoms with van der Waals surface area (Å²) in [4.78, 5) is 12.9. The van der Waals surface area contributed by atoms with Gasteiger partial charge in [0, 0.05) is 6.20 Å². The molecule has 0 fully saturated rings. The molecule has 0 saturated heterocycles. The molecule has 3 nitrogen and oxygen atoms in total. The highest BCUT2D eigenvalue weighted by atomic mass is 79.9. The summed E-state index contributed by atoms with van der Waals surface area (Å²) in [5.74, 6) is 0.491. The molecule has 7 heteroatoms. The molecule has 2 aromatic heterocycles. The van der Waals surface area contributed by atoms with Gasteiger partial charge in [-0.3, -0.25) is 4.98 Å². The van der Waals surface area contributed by atoms with Gasteiger partial charge in [-0.25, -0.2) is 9.97 Å². The summed E-state index contributed by atoms with van der Waals surface area (Å²) in [6.45, 7) is 0. The Labute approximate surface area is 102 Å². The Balaban J connectivity index is 2.57. The maximum Gasteiger partial charge on any atom is 0.174 e. The van der Waals surface area contributed by atoms with E-state index in [1.807, 2.05) is 0 Å². The monoisotopic (exact) mass is 309 g/mol. The summed E-state index contributed by atoms with van der Waals surface area (Å²) in [5, 5.41) is 0.599. The van der Waals surface area contributed by atoms with Crippen molar-refractivity contribution in [2.24, 2.45) is 0 Å². The van der Waals surface area contributed by atoms with Gasteiger partial charge in [0.1, 0.15) is 10.3 Å². The zero-order valence-corrected chi connectivity index (χ0v) is 10.5. The smallest absolute Gasteiger partial charge is 0.174 e. The number of rotatable bonds is 1. The molecule has 0 aliphatic rings. The summed E-state index contributed by atoms with van der Waals surface area (Å²) >= 11 is 16.3. The lowest BCUT2D eigenvalue weighted by Gasteiger charge is -2.00. The minimum absolute atomic E-state index is 0.299. The minimum Gasteiger partial charge on any atom is -0.252 e. The fraction of sp³-hybridized carbons (Fsp3) is 0. The van der Waals surface area contributed by atoms with Crippen molar-refractivity contribution < 1.29 is 0 Å². The first kappa shape index (κ1) is 10.3. The first-order chi connectivity index (χ1) is 6.68. The Morgan fingerprint density at radius 2 is 1.86 bits per heavy atom. The first-order valence-corrected chi connectivity index (χ1v) is 5.88. The fourth-order valence-electron chi connectivity index (χ4n) is 0.831. The van der Waals surface area contributed by atoms with Gasteiger partial charge in [0.2, 0.25) is 0 Å². The van der Waals surface area contributed by atoms with E-state index in [1.54, 1.807) is 11.7 Å². The second-order valence-corrected chi connectivity index (χ2v) is 4.70. The van der Waals surface area contributed by atoms with Gasteiger partial charge in [-0.2, -0.15) is 0 Å². The molecule has 0 radical (unpaired) electrons. The SMILES string of the molecule is Clc1nc(-c2cncs2)nc(Cl)c1Br. The van der Waals surface area contributed by atoms with Crippen molar-refractivity contribution in [3.63, 3.8) is 0 Å². The van der Waals surface area contributed by atoms with E-state index in [0.29, 0.717) is 20.6 Å². The molecule has 0 aliphatic carbocycles. The minimum atomic E-state index is 0.299. The number of hydrogen-bond donors (Lipinski definition) is 0. The summed E-state index contributed by atoms with van der Waals surface area (Å²) in [5.41, 5.74) is 1.70. The molecule has 2 rings (SSSR count). The van der Waals surface area contributed by atoms with E-state index >= 15 is 0 Å². The van der Waals surface area contributed by atoms with Crippen LogP contribution in [0, 0.1) is 0 Å². The Hall–Kier alpha value is -0.230. The molecule has 0 bridgehead atoms. The van der Waals surface area contributed by atoms with Crippen LogP contribution < -0.4 is 0 Å². The number of thiazole rings is 1. The van der Waals surface area contributed by atoms with Gasteiger partial charge in [-0.1, -0.05) is 23.2 Å². The van der Waals surface area contributed by atoms with Crippen molar-refractivity contribution in [2.75, 3.05) is 0 Å². The molecule has 72 valence electrons. The highest BCUT2D eigenvalue weighted by Gasteiger charge is 2.11. The third kappa shape index (κ3) is 1.91. The van der Waals surface area contributed by atoms with Crippen LogP contribution >= 0.6 is 50.5 Å². The molecular formula is C7H2BrCl2N3S. The van der Waals surface area contributed by atoms with Crippen molar-refractivity contribution >= 4 is 50.5 Å². The van der Waals surface area contributed by atoms with E-state index < -0.39 is 0 Å². The number of nitrogens with zero attached hydrogens (tertiary/aromatic N) is 3. The molecule has 0 spiro atoms. The molecule has 0 amide bonds. The molecule has 0 atom stereocenters. The molecule has 0 saturated carbocycles. The molecule has 0 N–H and O–H groups in total. The van der Waals surface area contributed by atoms with Crippen molar-refractivity contribution in [3.05, 3.63) is 26.5 Å². The van der Waals surface area contributed by atoms with Crippen LogP contribution in [0.1, 0.15) is 0 Å². The van der Waals surface area contributed by atoms with E-state index in [4.69, 9.17) is 23.2 Å². The van der Waals surface area contributed by atoms with Crippen molar-refractivity contribution in [2.45, 2.75) is 0 Å². The van der Waals surface area contributed by atoms with E-state index in [1.165, 1.54) is 11.3 Å². The van der Waals surface area contributed by atoms with Crippen LogP contribution in [0.15, 0.2) is 16.2 Å². The Bertz CT molecular complexity index is 437. The van der Waals surface area contributed by atoms with Gasteiger partial charge in [-0.15, -0.1) is 11.3 Å². The van der Waals surface area contributed by atoms with Crippen LogP contribution in [0.2, 0.25) is 10.3 Å². The largest absolute Gasteiger partial charge is 0.252 e. The molecule has 0 aliphatic heterocycles. The van der Waals surface area contributed by atoms with Gasteiger partial charge in [0.25, 0.3) is 0 Å². The molecule has 0 unspecified atom stereocenters.